The Morgan fingerprint density at radius 2 is 2.08 bits per heavy atom. The Balaban J connectivity index is 1.63. The van der Waals surface area contributed by atoms with E-state index >= 15 is 0 Å². The summed E-state index contributed by atoms with van der Waals surface area (Å²) in [5.41, 5.74) is 0. The SMILES string of the molecule is CCc1ccc(C(=O)N2CCC[C@H](N(C)C(=O)[C@@H]3CCCO[C@@H]3C)C2)o1. The van der Waals surface area contributed by atoms with Crippen molar-refractivity contribution in [3.63, 3.8) is 0 Å². The van der Waals surface area contributed by atoms with Crippen molar-refractivity contribution in [2.75, 3.05) is 26.7 Å². The molecule has 2 saturated heterocycles. The Kier molecular flexibility index (Phi) is 6.01. The van der Waals surface area contributed by atoms with Gasteiger partial charge in [0.25, 0.3) is 5.91 Å². The lowest BCUT2D eigenvalue weighted by Crippen LogP contribution is -2.52. The van der Waals surface area contributed by atoms with Crippen LogP contribution >= 0.6 is 0 Å². The number of hydrogen-bond acceptors (Lipinski definition) is 4. The normalized spacial score (nSPS) is 26.6. The molecule has 0 N–H and O–H groups in total. The van der Waals surface area contributed by atoms with Gasteiger partial charge in [-0.15, -0.1) is 0 Å². The van der Waals surface area contributed by atoms with Crippen LogP contribution in [0.25, 0.3) is 0 Å². The molecule has 144 valence electrons. The number of rotatable bonds is 4. The molecule has 2 amide bonds. The maximum atomic E-state index is 12.9. The highest BCUT2D eigenvalue weighted by molar-refractivity contribution is 5.91. The number of likely N-dealkylation sites (tertiary alicyclic amines) is 1. The number of carbonyl (C=O) groups is 2. The smallest absolute Gasteiger partial charge is 0.289 e. The summed E-state index contributed by atoms with van der Waals surface area (Å²) in [7, 11) is 1.87. The van der Waals surface area contributed by atoms with Gasteiger partial charge in [0, 0.05) is 39.2 Å². The summed E-state index contributed by atoms with van der Waals surface area (Å²) in [5, 5.41) is 0. The number of piperidine rings is 1. The van der Waals surface area contributed by atoms with E-state index in [-0.39, 0.29) is 29.9 Å². The summed E-state index contributed by atoms with van der Waals surface area (Å²) in [6, 6.07) is 3.66. The van der Waals surface area contributed by atoms with Gasteiger partial charge in [0.15, 0.2) is 5.76 Å². The van der Waals surface area contributed by atoms with Crippen molar-refractivity contribution in [1.29, 1.82) is 0 Å². The third kappa shape index (κ3) is 3.95. The first-order valence-electron chi connectivity index (χ1n) is 9.77. The second-order valence-electron chi connectivity index (χ2n) is 7.44. The van der Waals surface area contributed by atoms with Crippen LogP contribution in [0.15, 0.2) is 16.5 Å². The molecule has 2 aliphatic heterocycles. The molecule has 0 saturated carbocycles. The zero-order chi connectivity index (χ0) is 18.7. The van der Waals surface area contributed by atoms with Gasteiger partial charge >= 0.3 is 0 Å². The highest BCUT2D eigenvalue weighted by Gasteiger charge is 2.35. The third-order valence-electron chi connectivity index (χ3n) is 5.72. The molecule has 1 aromatic rings. The van der Waals surface area contributed by atoms with Crippen LogP contribution in [0, 0.1) is 5.92 Å². The van der Waals surface area contributed by atoms with Crippen molar-refractivity contribution in [1.82, 2.24) is 9.80 Å². The molecular formula is C20H30N2O4. The number of amides is 2. The summed E-state index contributed by atoms with van der Waals surface area (Å²) in [6.07, 6.45) is 4.37. The van der Waals surface area contributed by atoms with E-state index in [2.05, 4.69) is 0 Å². The first-order valence-corrected chi connectivity index (χ1v) is 9.77. The highest BCUT2D eigenvalue weighted by atomic mass is 16.5. The van der Waals surface area contributed by atoms with E-state index in [0.29, 0.717) is 18.8 Å². The number of hydrogen-bond donors (Lipinski definition) is 0. The lowest BCUT2D eigenvalue weighted by Gasteiger charge is -2.40. The van der Waals surface area contributed by atoms with Crippen LogP contribution in [0.5, 0.6) is 0 Å². The number of carbonyl (C=O) groups excluding carboxylic acids is 2. The van der Waals surface area contributed by atoms with Crippen molar-refractivity contribution >= 4 is 11.8 Å². The molecule has 2 aliphatic rings. The first kappa shape index (κ1) is 19.0. The molecule has 0 unspecified atom stereocenters. The average molecular weight is 362 g/mol. The van der Waals surface area contributed by atoms with Gasteiger partial charge in [0.1, 0.15) is 5.76 Å². The monoisotopic (exact) mass is 362 g/mol. The van der Waals surface area contributed by atoms with Gasteiger partial charge in [0.2, 0.25) is 5.91 Å². The number of nitrogens with zero attached hydrogens (tertiary/aromatic N) is 2. The van der Waals surface area contributed by atoms with E-state index in [1.54, 1.807) is 6.07 Å². The van der Waals surface area contributed by atoms with Gasteiger partial charge in [0.05, 0.1) is 12.0 Å². The Hall–Kier alpha value is -1.82. The fraction of sp³-hybridized carbons (Fsp3) is 0.700. The van der Waals surface area contributed by atoms with Crippen molar-refractivity contribution in [3.8, 4) is 0 Å². The summed E-state index contributed by atoms with van der Waals surface area (Å²) in [4.78, 5) is 29.3. The van der Waals surface area contributed by atoms with Gasteiger partial charge in [-0.25, -0.2) is 0 Å². The predicted octanol–water partition coefficient (Wildman–Crippen LogP) is 2.72. The summed E-state index contributed by atoms with van der Waals surface area (Å²) in [5.74, 6) is 1.20. The van der Waals surface area contributed by atoms with Crippen molar-refractivity contribution in [3.05, 3.63) is 23.7 Å². The maximum Gasteiger partial charge on any atom is 0.289 e. The van der Waals surface area contributed by atoms with E-state index in [4.69, 9.17) is 9.15 Å². The molecule has 1 aromatic heterocycles. The predicted molar refractivity (Wildman–Crippen MR) is 97.9 cm³/mol. The van der Waals surface area contributed by atoms with Gasteiger partial charge in [-0.05, 0) is 44.7 Å². The quantitative estimate of drug-likeness (QED) is 0.826. The number of likely N-dealkylation sites (N-methyl/N-ethyl adjacent to an activating group) is 1. The standard InChI is InChI=1S/C20H30N2O4/c1-4-16-9-10-18(26-16)20(24)22-11-5-7-15(13-22)21(3)19(23)17-8-6-12-25-14(17)2/h9-10,14-15,17H,4-8,11-13H2,1-3H3/t14-,15+,17-/m1/s1. The molecule has 0 bridgehead atoms. The summed E-state index contributed by atoms with van der Waals surface area (Å²) >= 11 is 0. The molecule has 26 heavy (non-hydrogen) atoms. The lowest BCUT2D eigenvalue weighted by molar-refractivity contribution is -0.145. The van der Waals surface area contributed by atoms with Crippen LogP contribution in [-0.4, -0.2) is 60.5 Å². The van der Waals surface area contributed by atoms with E-state index in [0.717, 1.165) is 44.5 Å². The highest BCUT2D eigenvalue weighted by Crippen LogP contribution is 2.25. The van der Waals surface area contributed by atoms with Crippen molar-refractivity contribution in [2.45, 2.75) is 58.1 Å². The van der Waals surface area contributed by atoms with Gasteiger partial charge < -0.3 is 19.0 Å². The van der Waals surface area contributed by atoms with E-state index in [1.807, 2.05) is 36.8 Å². The zero-order valence-electron chi connectivity index (χ0n) is 16.1. The molecule has 6 nitrogen and oxygen atoms in total. The van der Waals surface area contributed by atoms with Crippen LogP contribution in [0.3, 0.4) is 0 Å². The van der Waals surface area contributed by atoms with Crippen LogP contribution in [0.1, 0.15) is 55.8 Å². The van der Waals surface area contributed by atoms with Crippen LogP contribution in [0.2, 0.25) is 0 Å². The topological polar surface area (TPSA) is 63.0 Å². The minimum absolute atomic E-state index is 0.0318. The molecular weight excluding hydrogens is 332 g/mol. The molecule has 0 radical (unpaired) electrons. The van der Waals surface area contributed by atoms with Crippen molar-refractivity contribution in [2.24, 2.45) is 5.92 Å². The first-order chi connectivity index (χ1) is 12.5. The molecule has 3 rings (SSSR count). The zero-order valence-corrected chi connectivity index (χ0v) is 16.1. The molecule has 3 atom stereocenters. The minimum atomic E-state index is -0.0791. The third-order valence-corrected chi connectivity index (χ3v) is 5.72. The van der Waals surface area contributed by atoms with E-state index < -0.39 is 0 Å². The number of furan rings is 1. The van der Waals surface area contributed by atoms with E-state index in [1.165, 1.54) is 0 Å². The fourth-order valence-corrected chi connectivity index (χ4v) is 3.98. The average Bonchev–Trinajstić information content (AvgIpc) is 3.16. The Bertz CT molecular complexity index is 642. The molecule has 3 heterocycles. The minimum Gasteiger partial charge on any atom is -0.456 e. The largest absolute Gasteiger partial charge is 0.456 e. The number of ether oxygens (including phenoxy) is 1. The van der Waals surface area contributed by atoms with Crippen LogP contribution in [-0.2, 0) is 16.0 Å². The summed E-state index contributed by atoms with van der Waals surface area (Å²) in [6.45, 7) is 5.99. The van der Waals surface area contributed by atoms with Crippen LogP contribution < -0.4 is 0 Å². The Morgan fingerprint density at radius 3 is 2.77 bits per heavy atom. The van der Waals surface area contributed by atoms with Crippen molar-refractivity contribution < 1.29 is 18.7 Å². The van der Waals surface area contributed by atoms with Gasteiger partial charge in [-0.3, -0.25) is 9.59 Å². The Labute approximate surface area is 155 Å². The van der Waals surface area contributed by atoms with Gasteiger partial charge in [-0.1, -0.05) is 6.92 Å². The molecule has 0 spiro atoms. The Morgan fingerprint density at radius 1 is 1.27 bits per heavy atom. The molecule has 0 aromatic carbocycles. The molecule has 0 aliphatic carbocycles. The fourth-order valence-electron chi connectivity index (χ4n) is 3.98. The van der Waals surface area contributed by atoms with Gasteiger partial charge in [-0.2, -0.15) is 0 Å². The molecule has 2 fully saturated rings. The maximum absolute atomic E-state index is 12.9. The molecule has 6 heteroatoms. The lowest BCUT2D eigenvalue weighted by atomic mass is 9.92. The second kappa shape index (κ2) is 8.25. The van der Waals surface area contributed by atoms with E-state index in [9.17, 15) is 9.59 Å². The summed E-state index contributed by atoms with van der Waals surface area (Å²) < 4.78 is 11.3. The second-order valence-corrected chi connectivity index (χ2v) is 7.44. The van der Waals surface area contributed by atoms with Crippen LogP contribution in [0.4, 0.5) is 0 Å². The number of aryl methyl sites for hydroxylation is 1.